The molecule has 1 N–H and O–H groups in total. The maximum atomic E-state index is 9.19. The summed E-state index contributed by atoms with van der Waals surface area (Å²) in [6.45, 7) is 19.7. The fourth-order valence-electron chi connectivity index (χ4n) is 2.29. The van der Waals surface area contributed by atoms with Gasteiger partial charge < -0.3 is 4.90 Å². The number of hydrogen-bond donors (Lipinski definition) is 1. The first-order valence-corrected chi connectivity index (χ1v) is 9.58. The lowest BCUT2D eigenvalue weighted by atomic mass is 10.3. The third kappa shape index (κ3) is 9.06. The smallest absolute Gasteiger partial charge is 0.300 e. The Balaban J connectivity index is 0. The monoisotopic (exact) mass is 324 g/mol. The van der Waals surface area contributed by atoms with E-state index in [-0.39, 0.29) is 0 Å². The Morgan fingerprint density at radius 1 is 1.00 bits per heavy atom. The van der Waals surface area contributed by atoms with E-state index in [4.69, 9.17) is 9.55 Å². The van der Waals surface area contributed by atoms with Gasteiger partial charge in [-0.15, -0.1) is 0 Å². The van der Waals surface area contributed by atoms with E-state index < -0.39 is 10.1 Å². The van der Waals surface area contributed by atoms with Gasteiger partial charge in [-0.1, -0.05) is 0 Å². The number of nitrogens with zero attached hydrogens (tertiary/aromatic N) is 3. The van der Waals surface area contributed by atoms with Crippen LogP contribution >= 0.6 is 0 Å². The number of aliphatic imine (C=N–C) groups is 1. The maximum absolute atomic E-state index is 9.19. The minimum absolute atomic E-state index is 0.715. The van der Waals surface area contributed by atoms with E-state index in [1.807, 2.05) is 0 Å². The van der Waals surface area contributed by atoms with Gasteiger partial charge in [-0.25, -0.2) is 4.99 Å². The van der Waals surface area contributed by atoms with Crippen molar-refractivity contribution in [3.63, 3.8) is 0 Å². The van der Waals surface area contributed by atoms with Crippen LogP contribution in [0.4, 0.5) is 0 Å². The highest BCUT2D eigenvalue weighted by atomic mass is 32.2. The van der Waals surface area contributed by atoms with Crippen LogP contribution in [0.5, 0.6) is 0 Å². The highest BCUT2D eigenvalue weighted by molar-refractivity contribution is 7.85. The molecule has 0 bridgehead atoms. The first kappa shape index (κ1) is 22.6. The van der Waals surface area contributed by atoms with Gasteiger partial charge >= 0.3 is 0 Å². The second-order valence-electron chi connectivity index (χ2n) is 4.77. The van der Waals surface area contributed by atoms with Crippen LogP contribution < -0.4 is 0 Å². The van der Waals surface area contributed by atoms with Crippen molar-refractivity contribution in [3.8, 4) is 0 Å². The summed E-state index contributed by atoms with van der Waals surface area (Å²) in [5.74, 6) is 1.28. The first-order chi connectivity index (χ1) is 9.65. The molecule has 21 heavy (non-hydrogen) atoms. The van der Waals surface area contributed by atoms with Crippen molar-refractivity contribution < 1.29 is 17.5 Å². The Hall–Kier alpha value is -0.660. The van der Waals surface area contributed by atoms with Gasteiger partial charge in [-0.3, -0.25) is 9.04 Å². The second kappa shape index (κ2) is 11.0. The minimum atomic E-state index is -3.67. The normalized spacial score (nSPS) is 12.7. The summed E-state index contributed by atoms with van der Waals surface area (Å²) < 4.78 is 26.9. The van der Waals surface area contributed by atoms with Crippen LogP contribution in [0.3, 0.4) is 0 Å². The quantitative estimate of drug-likeness (QED) is 0.351. The molecule has 0 radical (unpaired) electrons. The maximum Gasteiger partial charge on any atom is 0.300 e. The number of rotatable bonds is 6. The van der Waals surface area contributed by atoms with Crippen molar-refractivity contribution in [2.75, 3.05) is 45.5 Å². The summed E-state index contributed by atoms with van der Waals surface area (Å²) in [5.41, 5.74) is 0. The third-order valence-electron chi connectivity index (χ3n) is 3.59. The molecule has 0 aliphatic rings. The van der Waals surface area contributed by atoms with Gasteiger partial charge in [0, 0.05) is 19.6 Å². The van der Waals surface area contributed by atoms with E-state index in [9.17, 15) is 8.42 Å². The average molecular weight is 325 g/mol. The number of guanidine groups is 1. The van der Waals surface area contributed by atoms with Crippen LogP contribution in [0.1, 0.15) is 41.5 Å². The summed E-state index contributed by atoms with van der Waals surface area (Å²) in [6, 6.07) is 0. The molecular weight excluding hydrogens is 290 g/mol. The van der Waals surface area contributed by atoms with Crippen molar-refractivity contribution >= 4 is 16.1 Å². The van der Waals surface area contributed by atoms with Crippen molar-refractivity contribution in [3.05, 3.63) is 0 Å². The Bertz CT molecular complexity index is 370. The summed E-state index contributed by atoms with van der Waals surface area (Å²) in [5, 5.41) is 0. The lowest BCUT2D eigenvalue weighted by molar-refractivity contribution is -0.841. The summed E-state index contributed by atoms with van der Waals surface area (Å²) >= 11 is 0. The molecule has 0 saturated heterocycles. The zero-order chi connectivity index (χ0) is 17.1. The number of hydrogen-bond acceptors (Lipinski definition) is 3. The van der Waals surface area contributed by atoms with Crippen molar-refractivity contribution in [2.24, 2.45) is 4.99 Å². The van der Waals surface area contributed by atoms with E-state index in [1.165, 1.54) is 5.96 Å². The zero-order valence-corrected chi connectivity index (χ0v) is 15.6. The van der Waals surface area contributed by atoms with Crippen LogP contribution in [-0.2, 0) is 10.1 Å². The van der Waals surface area contributed by atoms with E-state index >= 15 is 0 Å². The van der Waals surface area contributed by atoms with Crippen LogP contribution in [0.25, 0.3) is 0 Å². The van der Waals surface area contributed by atoms with Gasteiger partial charge in [-0.2, -0.15) is 8.42 Å². The van der Waals surface area contributed by atoms with Crippen LogP contribution in [-0.4, -0.2) is 73.8 Å². The fraction of sp³-hybridized carbons (Fsp3) is 0.929. The zero-order valence-electron chi connectivity index (χ0n) is 14.8. The summed E-state index contributed by atoms with van der Waals surface area (Å²) in [4.78, 5) is 7.17. The van der Waals surface area contributed by atoms with Gasteiger partial charge in [0.2, 0.25) is 0 Å². The van der Waals surface area contributed by atoms with Gasteiger partial charge in [-0.05, 0) is 41.5 Å². The number of quaternary nitrogens is 1. The molecule has 0 aliphatic heterocycles. The summed E-state index contributed by atoms with van der Waals surface area (Å²) in [6.07, 6.45) is 0.715. The Kier molecular flexibility index (Phi) is 11.8. The molecule has 0 amide bonds. The Morgan fingerprint density at radius 2 is 1.33 bits per heavy atom. The molecule has 0 atom stereocenters. The van der Waals surface area contributed by atoms with Gasteiger partial charge in [0.1, 0.15) is 0 Å². The van der Waals surface area contributed by atoms with E-state index in [0.29, 0.717) is 6.26 Å². The van der Waals surface area contributed by atoms with E-state index in [2.05, 4.69) is 46.4 Å². The third-order valence-corrected chi connectivity index (χ3v) is 3.59. The minimum Gasteiger partial charge on any atom is -0.312 e. The van der Waals surface area contributed by atoms with E-state index in [1.54, 1.807) is 0 Å². The average Bonchev–Trinajstić information content (AvgIpc) is 2.41. The molecule has 0 aliphatic carbocycles. The fourth-order valence-corrected chi connectivity index (χ4v) is 2.29. The molecule has 0 spiro atoms. The van der Waals surface area contributed by atoms with Crippen LogP contribution in [0, 0.1) is 0 Å². The second-order valence-corrected chi connectivity index (χ2v) is 6.24. The predicted octanol–water partition coefficient (Wildman–Crippen LogP) is 2.08. The molecule has 0 unspecified atom stereocenters. The molecule has 0 aromatic rings. The highest BCUT2D eigenvalue weighted by Gasteiger charge is 2.32. The Morgan fingerprint density at radius 3 is 1.52 bits per heavy atom. The summed E-state index contributed by atoms with van der Waals surface area (Å²) in [7, 11) is -3.67. The topological polar surface area (TPSA) is 70.0 Å². The molecule has 0 rings (SSSR count). The first-order valence-electron chi connectivity index (χ1n) is 7.73. The van der Waals surface area contributed by atoms with Crippen molar-refractivity contribution in [2.45, 2.75) is 41.5 Å². The molecular formula is C14H34N3O3S+. The van der Waals surface area contributed by atoms with Gasteiger partial charge in [0.05, 0.1) is 25.9 Å². The molecule has 0 aromatic carbocycles. The lowest BCUT2D eigenvalue weighted by Gasteiger charge is -2.39. The largest absolute Gasteiger partial charge is 0.312 e. The molecule has 0 aromatic heterocycles. The lowest BCUT2D eigenvalue weighted by Crippen LogP contribution is -2.59. The molecule has 128 valence electrons. The van der Waals surface area contributed by atoms with Gasteiger partial charge in [0.25, 0.3) is 16.1 Å². The molecule has 0 fully saturated rings. The molecule has 6 nitrogen and oxygen atoms in total. The molecule has 7 heteroatoms. The van der Waals surface area contributed by atoms with Crippen molar-refractivity contribution in [1.29, 1.82) is 0 Å². The Labute approximate surface area is 131 Å². The molecule has 0 heterocycles. The highest BCUT2D eigenvalue weighted by Crippen LogP contribution is 2.12. The molecule has 0 saturated carbocycles. The van der Waals surface area contributed by atoms with Crippen LogP contribution in [0.15, 0.2) is 4.99 Å². The van der Waals surface area contributed by atoms with E-state index in [0.717, 1.165) is 43.8 Å². The van der Waals surface area contributed by atoms with Crippen molar-refractivity contribution in [1.82, 2.24) is 4.90 Å². The predicted molar refractivity (Wildman–Crippen MR) is 90.3 cm³/mol. The standard InChI is InChI=1S/C13H30N3.CH4O3S/c1-7-14-13(15(8-2)9-3)16(10-4,11-5)12-6;1-5(2,3)4/h7-12H2,1-6H3;1H3,(H,2,3,4)/q+1;. The SMILES string of the molecule is CCN=C(N(CC)CC)[N+](CC)(CC)CC.CS(=O)(=O)O. The van der Waals surface area contributed by atoms with Gasteiger partial charge in [0.15, 0.2) is 0 Å². The van der Waals surface area contributed by atoms with Crippen LogP contribution in [0.2, 0.25) is 0 Å².